The van der Waals surface area contributed by atoms with Crippen LogP contribution in [0.1, 0.15) is 56.6 Å². The number of hydrogen-bond donors (Lipinski definition) is 2. The fraction of sp³-hybridized carbons (Fsp3) is 0.542. The molecule has 2 amide bonds. The van der Waals surface area contributed by atoms with Crippen molar-refractivity contribution < 1.29 is 27.2 Å². The molecule has 1 aliphatic rings. The van der Waals surface area contributed by atoms with Crippen LogP contribution in [-0.4, -0.2) is 54.6 Å². The third kappa shape index (κ3) is 5.83. The van der Waals surface area contributed by atoms with Crippen LogP contribution in [0, 0.1) is 25.1 Å². The summed E-state index contributed by atoms with van der Waals surface area (Å²) in [6.07, 6.45) is -2.89. The Morgan fingerprint density at radius 3 is 2.40 bits per heavy atom. The van der Waals surface area contributed by atoms with E-state index in [0.717, 1.165) is 0 Å². The van der Waals surface area contributed by atoms with Crippen molar-refractivity contribution in [3.05, 3.63) is 50.7 Å². The maximum Gasteiger partial charge on any atom is 0.395 e. The highest BCUT2D eigenvalue weighted by atomic mass is 32.1. The SMILES string of the molecule is Cc1ncc(C(CC(=O)NCC(Cc2ccc(C(N)=O)c(F)c2C)N(C)C)C2(C(F)(F)F)CC2)s1. The molecular formula is C24H30F4N4O2S. The molecule has 2 aromatic rings. The molecule has 11 heteroatoms. The summed E-state index contributed by atoms with van der Waals surface area (Å²) < 4.78 is 56.2. The van der Waals surface area contributed by atoms with Crippen molar-refractivity contribution >= 4 is 23.2 Å². The van der Waals surface area contributed by atoms with Gasteiger partial charge in [-0.3, -0.25) is 9.59 Å². The molecule has 2 unspecified atom stereocenters. The van der Waals surface area contributed by atoms with Gasteiger partial charge in [-0.2, -0.15) is 13.2 Å². The van der Waals surface area contributed by atoms with Gasteiger partial charge in [0.2, 0.25) is 5.91 Å². The lowest BCUT2D eigenvalue weighted by molar-refractivity contribution is -0.194. The van der Waals surface area contributed by atoms with Gasteiger partial charge in [0.1, 0.15) is 5.82 Å². The number of carbonyl (C=O) groups excluding carboxylic acids is 2. The van der Waals surface area contributed by atoms with E-state index in [-0.39, 0.29) is 37.4 Å². The van der Waals surface area contributed by atoms with Crippen LogP contribution in [0.3, 0.4) is 0 Å². The first-order valence-electron chi connectivity index (χ1n) is 11.3. The molecule has 2 atom stereocenters. The molecule has 0 bridgehead atoms. The molecule has 1 heterocycles. The molecule has 1 saturated carbocycles. The van der Waals surface area contributed by atoms with E-state index >= 15 is 0 Å². The highest BCUT2D eigenvalue weighted by Crippen LogP contribution is 2.66. The number of aromatic nitrogens is 1. The Labute approximate surface area is 205 Å². The van der Waals surface area contributed by atoms with Gasteiger partial charge in [-0.15, -0.1) is 11.3 Å². The van der Waals surface area contributed by atoms with Crippen molar-refractivity contribution in [1.29, 1.82) is 0 Å². The summed E-state index contributed by atoms with van der Waals surface area (Å²) in [7, 11) is 3.60. The van der Waals surface area contributed by atoms with Gasteiger partial charge in [-0.05, 0) is 64.4 Å². The summed E-state index contributed by atoms with van der Waals surface area (Å²) in [5.41, 5.74) is 4.06. The van der Waals surface area contributed by atoms with Gasteiger partial charge in [0, 0.05) is 36.0 Å². The number of hydrogen-bond acceptors (Lipinski definition) is 5. The largest absolute Gasteiger partial charge is 0.395 e. The molecule has 3 rings (SSSR count). The van der Waals surface area contributed by atoms with E-state index in [1.54, 1.807) is 34.0 Å². The van der Waals surface area contributed by atoms with Crippen molar-refractivity contribution in [3.8, 4) is 0 Å². The van der Waals surface area contributed by atoms with E-state index in [1.165, 1.54) is 23.6 Å². The highest BCUT2D eigenvalue weighted by molar-refractivity contribution is 7.11. The second-order valence-corrected chi connectivity index (χ2v) is 10.7. The van der Waals surface area contributed by atoms with Crippen molar-refractivity contribution in [3.63, 3.8) is 0 Å². The molecule has 0 spiro atoms. The topological polar surface area (TPSA) is 88.3 Å². The normalized spacial score (nSPS) is 16.7. The fourth-order valence-corrected chi connectivity index (χ4v) is 5.39. The molecular weight excluding hydrogens is 484 g/mol. The van der Waals surface area contributed by atoms with Gasteiger partial charge in [0.05, 0.1) is 16.0 Å². The Bertz CT molecular complexity index is 1100. The van der Waals surface area contributed by atoms with Gasteiger partial charge in [-0.1, -0.05) is 6.07 Å². The van der Waals surface area contributed by atoms with Crippen LogP contribution in [0.5, 0.6) is 0 Å². The van der Waals surface area contributed by atoms with Crippen LogP contribution in [-0.2, 0) is 11.2 Å². The average Bonchev–Trinajstić information content (AvgIpc) is 3.47. The van der Waals surface area contributed by atoms with E-state index in [2.05, 4.69) is 10.3 Å². The van der Waals surface area contributed by atoms with Gasteiger partial charge < -0.3 is 16.0 Å². The number of nitrogens with zero attached hydrogens (tertiary/aromatic N) is 2. The van der Waals surface area contributed by atoms with E-state index in [4.69, 9.17) is 5.73 Å². The summed E-state index contributed by atoms with van der Waals surface area (Å²) >= 11 is 1.19. The summed E-state index contributed by atoms with van der Waals surface area (Å²) in [5.74, 6) is -2.99. The zero-order valence-electron chi connectivity index (χ0n) is 20.1. The Morgan fingerprint density at radius 1 is 1.26 bits per heavy atom. The number of thiazole rings is 1. The maximum absolute atomic E-state index is 14.5. The smallest absolute Gasteiger partial charge is 0.366 e. The Kier molecular flexibility index (Phi) is 7.90. The zero-order valence-corrected chi connectivity index (χ0v) is 20.9. The number of aryl methyl sites for hydroxylation is 1. The number of likely N-dealkylation sites (N-methyl/N-ethyl adjacent to an activating group) is 1. The van der Waals surface area contributed by atoms with Crippen LogP contribution in [0.25, 0.3) is 0 Å². The van der Waals surface area contributed by atoms with Gasteiger partial charge in [-0.25, -0.2) is 9.37 Å². The zero-order chi connectivity index (χ0) is 26.1. The number of halogens is 4. The van der Waals surface area contributed by atoms with Crippen molar-refractivity contribution in [1.82, 2.24) is 15.2 Å². The molecule has 1 aromatic carbocycles. The quantitative estimate of drug-likeness (QED) is 0.468. The number of nitrogens with two attached hydrogens (primary N) is 1. The van der Waals surface area contributed by atoms with Crippen molar-refractivity contribution in [2.24, 2.45) is 11.1 Å². The van der Waals surface area contributed by atoms with Crippen molar-refractivity contribution in [2.45, 2.75) is 57.7 Å². The Balaban J connectivity index is 1.71. The highest BCUT2D eigenvalue weighted by Gasteiger charge is 2.67. The third-order valence-electron chi connectivity index (χ3n) is 6.88. The predicted octanol–water partition coefficient (Wildman–Crippen LogP) is 4.10. The molecule has 3 N–H and O–H groups in total. The number of nitrogens with one attached hydrogen (secondary N) is 1. The minimum Gasteiger partial charge on any atom is -0.366 e. The fourth-order valence-electron chi connectivity index (χ4n) is 4.39. The number of benzene rings is 1. The summed E-state index contributed by atoms with van der Waals surface area (Å²) in [4.78, 5) is 30.6. The van der Waals surface area contributed by atoms with Crippen LogP contribution in [0.15, 0.2) is 18.3 Å². The second kappa shape index (κ2) is 10.2. The van der Waals surface area contributed by atoms with Crippen LogP contribution in [0.2, 0.25) is 0 Å². The minimum absolute atomic E-state index is 0.00213. The van der Waals surface area contributed by atoms with Crippen molar-refractivity contribution in [2.75, 3.05) is 20.6 Å². The molecule has 0 radical (unpaired) electrons. The molecule has 0 aliphatic heterocycles. The molecule has 6 nitrogen and oxygen atoms in total. The van der Waals surface area contributed by atoms with E-state index in [0.29, 0.717) is 27.4 Å². The number of carbonyl (C=O) groups is 2. The standard InChI is InChI=1S/C24H30F4N4O2S/c1-13-15(5-6-17(21(13)25)22(29)34)9-16(32(3)4)11-31-20(33)10-18(19-12-30-14(2)35-19)23(7-8-23)24(26,27)28/h5-6,12,16,18H,7-11H2,1-4H3,(H2,29,34)(H,31,33). The molecule has 1 fully saturated rings. The maximum atomic E-state index is 14.5. The van der Waals surface area contributed by atoms with Crippen LogP contribution >= 0.6 is 11.3 Å². The lowest BCUT2D eigenvalue weighted by atomic mass is 9.84. The molecule has 35 heavy (non-hydrogen) atoms. The third-order valence-corrected chi connectivity index (χ3v) is 7.90. The van der Waals surface area contributed by atoms with Gasteiger partial charge in [0.25, 0.3) is 5.91 Å². The monoisotopic (exact) mass is 514 g/mol. The van der Waals surface area contributed by atoms with Gasteiger partial charge in [0.15, 0.2) is 0 Å². The summed E-state index contributed by atoms with van der Waals surface area (Å²) in [6, 6.07) is 2.70. The van der Waals surface area contributed by atoms with Crippen LogP contribution < -0.4 is 11.1 Å². The number of rotatable bonds is 10. The first kappa shape index (κ1) is 27.1. The summed E-state index contributed by atoms with van der Waals surface area (Å²) in [6.45, 7) is 3.44. The first-order valence-corrected chi connectivity index (χ1v) is 12.1. The predicted molar refractivity (Wildman–Crippen MR) is 126 cm³/mol. The Morgan fingerprint density at radius 2 is 1.91 bits per heavy atom. The van der Waals surface area contributed by atoms with Crippen LogP contribution in [0.4, 0.5) is 17.6 Å². The molecule has 192 valence electrons. The molecule has 1 aromatic heterocycles. The average molecular weight is 515 g/mol. The number of primary amides is 1. The lowest BCUT2D eigenvalue weighted by Gasteiger charge is -2.29. The summed E-state index contributed by atoms with van der Waals surface area (Å²) in [5, 5.41) is 3.43. The lowest BCUT2D eigenvalue weighted by Crippen LogP contribution is -2.43. The minimum atomic E-state index is -4.40. The molecule has 0 saturated heterocycles. The van der Waals surface area contributed by atoms with Gasteiger partial charge >= 0.3 is 6.18 Å². The van der Waals surface area contributed by atoms with E-state index in [9.17, 15) is 27.2 Å². The van der Waals surface area contributed by atoms with E-state index < -0.39 is 35.1 Å². The second-order valence-electron chi connectivity index (χ2n) is 9.39. The first-order chi connectivity index (χ1) is 16.3. The molecule has 1 aliphatic carbocycles. The Hall–Kier alpha value is -2.53. The van der Waals surface area contributed by atoms with E-state index in [1.807, 2.05) is 4.90 Å². The number of amides is 2. The number of alkyl halides is 3.